The number of H-pyrrole nitrogens is 1. The summed E-state index contributed by atoms with van der Waals surface area (Å²) in [7, 11) is -4.14. The van der Waals surface area contributed by atoms with E-state index in [0.717, 1.165) is 46.9 Å². The minimum Gasteiger partial charge on any atom is -0.349 e. The monoisotopic (exact) mass is 551 g/mol. The summed E-state index contributed by atoms with van der Waals surface area (Å²) in [4.78, 5) is 34.5. The Balaban J connectivity index is 1.52. The number of alkyl halides is 3. The molecule has 2 aromatic heterocycles. The second-order valence-electron chi connectivity index (χ2n) is 8.52. The number of amides is 1. The van der Waals surface area contributed by atoms with Gasteiger partial charge >= 0.3 is 11.9 Å². The van der Waals surface area contributed by atoms with E-state index in [2.05, 4.69) is 26.8 Å². The van der Waals surface area contributed by atoms with Crippen molar-refractivity contribution in [3.05, 3.63) is 89.0 Å². The van der Waals surface area contributed by atoms with Crippen LogP contribution in [0.4, 0.5) is 17.6 Å². The number of aromatic amines is 1. The topological polar surface area (TPSA) is 125 Å². The van der Waals surface area contributed by atoms with Crippen molar-refractivity contribution < 1.29 is 30.8 Å². The van der Waals surface area contributed by atoms with E-state index >= 15 is 0 Å². The zero-order valence-electron chi connectivity index (χ0n) is 19.6. The molecule has 0 spiro atoms. The van der Waals surface area contributed by atoms with E-state index in [1.165, 1.54) is 6.07 Å². The highest BCUT2D eigenvalue weighted by Crippen LogP contribution is 2.31. The molecule has 2 N–H and O–H groups in total. The summed E-state index contributed by atoms with van der Waals surface area (Å²) in [5, 5.41) is 2.58. The van der Waals surface area contributed by atoms with Crippen LogP contribution in [0.5, 0.6) is 0 Å². The van der Waals surface area contributed by atoms with Crippen LogP contribution in [0.1, 0.15) is 17.8 Å². The van der Waals surface area contributed by atoms with Crippen LogP contribution in [0.25, 0.3) is 11.3 Å². The van der Waals surface area contributed by atoms with Gasteiger partial charge in [-0.3, -0.25) is 9.78 Å². The molecule has 0 radical (unpaired) electrons. The predicted molar refractivity (Wildman–Crippen MR) is 127 cm³/mol. The second kappa shape index (κ2) is 10.5. The van der Waals surface area contributed by atoms with E-state index < -0.39 is 45.3 Å². The fraction of sp³-hybridized carbons (Fsp3) is 0.250. The molecule has 3 heterocycles. The summed E-state index contributed by atoms with van der Waals surface area (Å²) in [5.74, 6) is -1.56. The van der Waals surface area contributed by atoms with Crippen molar-refractivity contribution in [2.45, 2.75) is 30.1 Å². The zero-order chi connectivity index (χ0) is 27.7. The lowest BCUT2D eigenvalue weighted by molar-refractivity contribution is -0.141. The average Bonchev–Trinajstić information content (AvgIpc) is 3.33. The van der Waals surface area contributed by atoms with Crippen molar-refractivity contribution in [2.75, 3.05) is 6.54 Å². The van der Waals surface area contributed by atoms with Crippen LogP contribution < -0.4 is 11.0 Å². The Bertz CT molecular complexity index is 1510. The van der Waals surface area contributed by atoms with Crippen molar-refractivity contribution in [2.24, 2.45) is 5.92 Å². The first-order valence-electron chi connectivity index (χ1n) is 11.2. The third kappa shape index (κ3) is 5.81. The molecule has 9 nitrogen and oxygen atoms in total. The first kappa shape index (κ1) is 27.1. The van der Waals surface area contributed by atoms with E-state index in [1.54, 1.807) is 6.08 Å². The number of benzene rings is 1. The molecule has 0 saturated carbocycles. The summed E-state index contributed by atoms with van der Waals surface area (Å²) in [6.45, 7) is 3.45. The van der Waals surface area contributed by atoms with Crippen molar-refractivity contribution in [3.8, 4) is 11.3 Å². The number of pyridine rings is 1. The van der Waals surface area contributed by atoms with Crippen LogP contribution in [0.2, 0.25) is 0 Å². The Hall–Kier alpha value is -3.91. The van der Waals surface area contributed by atoms with Crippen molar-refractivity contribution in [1.82, 2.24) is 24.6 Å². The maximum Gasteiger partial charge on any atom is 0.433 e. The molecule has 2 atom stereocenters. The lowest BCUT2D eigenvalue weighted by Gasteiger charge is -2.23. The molecule has 1 aromatic carbocycles. The largest absolute Gasteiger partial charge is 0.433 e. The third-order valence-electron chi connectivity index (χ3n) is 5.95. The van der Waals surface area contributed by atoms with Crippen LogP contribution in [0.15, 0.2) is 71.0 Å². The van der Waals surface area contributed by atoms with E-state index in [0.29, 0.717) is 0 Å². The first-order valence-corrected chi connectivity index (χ1v) is 12.6. The number of hydrogen-bond acceptors (Lipinski definition) is 6. The smallest absolute Gasteiger partial charge is 0.349 e. The number of rotatable bonds is 7. The van der Waals surface area contributed by atoms with Gasteiger partial charge in [0.25, 0.3) is 0 Å². The highest BCUT2D eigenvalue weighted by Gasteiger charge is 2.43. The third-order valence-corrected chi connectivity index (χ3v) is 7.84. The predicted octanol–water partition coefficient (Wildman–Crippen LogP) is 2.87. The Labute approximate surface area is 214 Å². The number of nitrogens with zero attached hydrogens (tertiary/aromatic N) is 3. The molecule has 1 amide bonds. The number of hydrogen-bond donors (Lipinski definition) is 2. The Morgan fingerprint density at radius 1 is 1.21 bits per heavy atom. The summed E-state index contributed by atoms with van der Waals surface area (Å²) < 4.78 is 79.0. The molecule has 2 unspecified atom stereocenters. The van der Waals surface area contributed by atoms with E-state index in [1.807, 2.05) is 0 Å². The van der Waals surface area contributed by atoms with Gasteiger partial charge in [0.05, 0.1) is 17.1 Å². The quantitative estimate of drug-likeness (QED) is 0.344. The molecule has 1 aliphatic heterocycles. The van der Waals surface area contributed by atoms with Crippen LogP contribution in [-0.2, 0) is 27.5 Å². The van der Waals surface area contributed by atoms with Gasteiger partial charge < -0.3 is 10.3 Å². The Morgan fingerprint density at radius 2 is 1.92 bits per heavy atom. The maximum absolute atomic E-state index is 13.3. The van der Waals surface area contributed by atoms with E-state index in [-0.39, 0.29) is 47.3 Å². The standard InChI is InChI=1S/C24H21F4N5O4S/c1-2-14-9-20(33(13-14)38(36,37)18-6-4-16(25)5-7-18)22(34)30-12-17-10-19(32-23(35)31-17)15-3-8-21(29-11-15)24(26,27)28/h2-8,10-11,14,20H,1,9,12-13H2,(H,30,34)(H,31,32,35). The molecule has 0 bridgehead atoms. The van der Waals surface area contributed by atoms with Gasteiger partial charge in [0.15, 0.2) is 0 Å². The van der Waals surface area contributed by atoms with Crippen LogP contribution in [0, 0.1) is 11.7 Å². The van der Waals surface area contributed by atoms with Gasteiger partial charge in [-0.25, -0.2) is 17.6 Å². The van der Waals surface area contributed by atoms with Crippen LogP contribution in [0.3, 0.4) is 0 Å². The van der Waals surface area contributed by atoms with Gasteiger partial charge in [-0.2, -0.15) is 22.5 Å². The number of nitrogens with one attached hydrogen (secondary N) is 2. The molecule has 38 heavy (non-hydrogen) atoms. The van der Waals surface area contributed by atoms with E-state index in [4.69, 9.17) is 0 Å². The van der Waals surface area contributed by atoms with Crippen LogP contribution >= 0.6 is 0 Å². The number of halogens is 4. The molecule has 4 rings (SSSR count). The molecule has 14 heteroatoms. The van der Waals surface area contributed by atoms with Crippen molar-refractivity contribution >= 4 is 15.9 Å². The molecule has 1 saturated heterocycles. The summed E-state index contributed by atoms with van der Waals surface area (Å²) in [6, 6.07) is 6.37. The first-order chi connectivity index (χ1) is 17.9. The normalized spacial score (nSPS) is 18.3. The van der Waals surface area contributed by atoms with Gasteiger partial charge in [0.2, 0.25) is 15.9 Å². The van der Waals surface area contributed by atoms with Gasteiger partial charge in [-0.15, -0.1) is 6.58 Å². The molecule has 3 aromatic rings. The van der Waals surface area contributed by atoms with Gasteiger partial charge in [-0.05, 0) is 54.8 Å². The van der Waals surface area contributed by atoms with Gasteiger partial charge in [0.1, 0.15) is 17.6 Å². The highest BCUT2D eigenvalue weighted by molar-refractivity contribution is 7.89. The highest BCUT2D eigenvalue weighted by atomic mass is 32.2. The number of aromatic nitrogens is 3. The van der Waals surface area contributed by atoms with E-state index in [9.17, 15) is 35.6 Å². The molecular formula is C24H21F4N5O4S. The van der Waals surface area contributed by atoms with Gasteiger partial charge in [0, 0.05) is 24.0 Å². The fourth-order valence-electron chi connectivity index (χ4n) is 4.02. The minimum absolute atomic E-state index is 0.00153. The summed E-state index contributed by atoms with van der Waals surface area (Å²) in [6.07, 6.45) is -1.99. The minimum atomic E-state index is -4.63. The molecule has 200 valence electrons. The Kier molecular flexibility index (Phi) is 7.47. The number of carbonyl (C=O) groups is 1. The molecule has 1 fully saturated rings. The summed E-state index contributed by atoms with van der Waals surface area (Å²) >= 11 is 0. The van der Waals surface area contributed by atoms with Crippen LogP contribution in [-0.4, -0.2) is 46.2 Å². The molecule has 0 aliphatic carbocycles. The molecule has 1 aliphatic rings. The SMILES string of the molecule is C=CC1CC(C(=O)NCc2cc(-c3ccc(C(F)(F)F)nc3)nc(=O)[nH]2)N(S(=O)(=O)c2ccc(F)cc2)C1. The van der Waals surface area contributed by atoms with Crippen molar-refractivity contribution in [1.29, 1.82) is 0 Å². The second-order valence-corrected chi connectivity index (χ2v) is 10.4. The lowest BCUT2D eigenvalue weighted by Crippen LogP contribution is -2.45. The number of carbonyl (C=O) groups excluding carboxylic acids is 1. The van der Waals surface area contributed by atoms with Gasteiger partial charge in [-0.1, -0.05) is 6.08 Å². The zero-order valence-corrected chi connectivity index (χ0v) is 20.4. The maximum atomic E-state index is 13.3. The number of sulfonamides is 1. The summed E-state index contributed by atoms with van der Waals surface area (Å²) in [5.41, 5.74) is -1.54. The average molecular weight is 552 g/mol. The Morgan fingerprint density at radius 3 is 2.53 bits per heavy atom. The fourth-order valence-corrected chi connectivity index (χ4v) is 5.67. The molecular weight excluding hydrogens is 530 g/mol. The van der Waals surface area contributed by atoms with Crippen molar-refractivity contribution in [3.63, 3.8) is 0 Å². The lowest BCUT2D eigenvalue weighted by atomic mass is 10.1.